The molecule has 0 bridgehead atoms. The molecule has 1 saturated heterocycles. The van der Waals surface area contributed by atoms with E-state index in [-0.39, 0.29) is 41.5 Å². The van der Waals surface area contributed by atoms with Crippen molar-refractivity contribution in [3.63, 3.8) is 0 Å². The zero-order chi connectivity index (χ0) is 36.2. The van der Waals surface area contributed by atoms with Crippen LogP contribution in [0, 0.1) is 11.8 Å². The molecule has 1 heterocycles. The van der Waals surface area contributed by atoms with E-state index in [2.05, 4.69) is 51.8 Å². The number of amides is 7. The van der Waals surface area contributed by atoms with Crippen LogP contribution in [0.5, 0.6) is 0 Å². The van der Waals surface area contributed by atoms with E-state index in [1.54, 1.807) is 27.7 Å². The van der Waals surface area contributed by atoms with E-state index >= 15 is 0 Å². The number of primary amides is 1. The third kappa shape index (κ3) is 13.4. The zero-order valence-electron chi connectivity index (χ0n) is 27.4. The van der Waals surface area contributed by atoms with Gasteiger partial charge in [0.15, 0.2) is 0 Å². The van der Waals surface area contributed by atoms with Gasteiger partial charge < -0.3 is 48.1 Å². The van der Waals surface area contributed by atoms with E-state index in [1.165, 1.54) is 11.8 Å². The summed E-state index contributed by atoms with van der Waals surface area (Å²) in [5, 5.41) is 21.6. The van der Waals surface area contributed by atoms with Crippen LogP contribution in [0.15, 0.2) is 0 Å². The number of nitrogens with one attached hydrogen (secondary N) is 5. The second-order valence-electron chi connectivity index (χ2n) is 12.0. The number of carboxylic acid groups (broad SMARTS) is 1. The third-order valence-corrected chi connectivity index (χ3v) is 8.20. The molecular formula is C28H48CuN8O9S2+2. The van der Waals surface area contributed by atoms with Crippen molar-refractivity contribution in [1.29, 1.82) is 0 Å². The number of likely N-dealkylation sites (tertiary alicyclic amines) is 1. The van der Waals surface area contributed by atoms with Crippen LogP contribution in [0.4, 0.5) is 0 Å². The fourth-order valence-electron chi connectivity index (χ4n) is 4.66. The molecule has 17 nitrogen and oxygen atoms in total. The number of aliphatic carboxylic acids is 1. The Morgan fingerprint density at radius 3 is 1.81 bits per heavy atom. The average Bonchev–Trinajstić information content (AvgIpc) is 3.49. The van der Waals surface area contributed by atoms with Gasteiger partial charge in [-0.3, -0.25) is 33.6 Å². The molecule has 1 rings (SSSR count). The molecule has 1 aliphatic heterocycles. The molecule has 0 spiro atoms. The van der Waals surface area contributed by atoms with Gasteiger partial charge in [-0.15, -0.1) is 0 Å². The first-order chi connectivity index (χ1) is 21.9. The Morgan fingerprint density at radius 2 is 1.33 bits per heavy atom. The zero-order valence-corrected chi connectivity index (χ0v) is 30.2. The SMILES string of the molecule is CC(C)[C@H](NC(=O)[C@H](C)NC(=O)[C@@H](N)CS)C(=O)N[C@H](C(=O)N1CCC[C@H]1C(=O)N[C@@H](CC(N)=O)C(=O)N[C@@H](CS)C(=O)O)C(C)C.[Cu+2]. The summed E-state index contributed by atoms with van der Waals surface area (Å²) in [6, 6.07) is -8.14. The van der Waals surface area contributed by atoms with Crippen LogP contribution < -0.4 is 38.1 Å². The van der Waals surface area contributed by atoms with Crippen molar-refractivity contribution < 1.29 is 60.5 Å². The molecule has 275 valence electrons. The van der Waals surface area contributed by atoms with E-state index in [1.807, 2.05) is 0 Å². The van der Waals surface area contributed by atoms with E-state index in [4.69, 9.17) is 11.5 Å². The molecule has 1 aliphatic rings. The first kappa shape index (κ1) is 44.9. The van der Waals surface area contributed by atoms with Crippen molar-refractivity contribution in [3.8, 4) is 0 Å². The van der Waals surface area contributed by atoms with Crippen molar-refractivity contribution >= 4 is 72.6 Å². The van der Waals surface area contributed by atoms with Crippen LogP contribution in [-0.4, -0.2) is 118 Å². The molecule has 0 aromatic rings. The van der Waals surface area contributed by atoms with Crippen LogP contribution >= 0.6 is 25.3 Å². The fraction of sp³-hybridized carbons (Fsp3) is 0.714. The summed E-state index contributed by atoms with van der Waals surface area (Å²) in [5.41, 5.74) is 10.9. The monoisotopic (exact) mass is 767 g/mol. The van der Waals surface area contributed by atoms with E-state index in [9.17, 15) is 43.5 Å². The van der Waals surface area contributed by atoms with Crippen molar-refractivity contribution in [3.05, 3.63) is 0 Å². The normalized spacial score (nSPS) is 17.9. The Morgan fingerprint density at radius 1 is 0.771 bits per heavy atom. The van der Waals surface area contributed by atoms with Crippen LogP contribution in [0.2, 0.25) is 0 Å². The Bertz CT molecular complexity index is 1200. The number of carbonyl (C=O) groups is 8. The van der Waals surface area contributed by atoms with Crippen LogP contribution in [-0.2, 0) is 55.4 Å². The van der Waals surface area contributed by atoms with Gasteiger partial charge in [-0.2, -0.15) is 25.3 Å². The van der Waals surface area contributed by atoms with Gasteiger partial charge >= 0.3 is 23.0 Å². The summed E-state index contributed by atoms with van der Waals surface area (Å²) in [7, 11) is 0. The summed E-state index contributed by atoms with van der Waals surface area (Å²) >= 11 is 7.84. The number of rotatable bonds is 18. The maximum Gasteiger partial charge on any atom is 2.00 e. The smallest absolute Gasteiger partial charge is 0.480 e. The van der Waals surface area contributed by atoms with Crippen LogP contribution in [0.25, 0.3) is 0 Å². The number of nitrogens with two attached hydrogens (primary N) is 2. The topological polar surface area (TPSA) is 272 Å². The molecule has 1 fully saturated rings. The second-order valence-corrected chi connectivity index (χ2v) is 12.7. The molecule has 10 N–H and O–H groups in total. The standard InChI is InChI=1S/C28H48N8O9S2.Cu/c1-12(2)20(34-22(38)14(5)31-23(39)15(29)10-46)26(42)35-21(13(3)4)27(43)36-8-6-7-18(36)25(41)32-16(9-19(30)37)24(40)33-17(11-47)28(44)45;/h12-18,20-21,46-47H,6-11,29H2,1-5H3,(H2,30,37)(H,31,39)(H,32,41)(H,33,40)(H,34,38)(H,35,42)(H,44,45);/q;+2/t14-,15-,16-,17-,18-,20-,21-;/m0./s1. The molecular weight excluding hydrogens is 720 g/mol. The number of hydrogen-bond donors (Lipinski definition) is 10. The van der Waals surface area contributed by atoms with Gasteiger partial charge in [-0.1, -0.05) is 27.7 Å². The molecule has 20 heteroatoms. The van der Waals surface area contributed by atoms with Crippen molar-refractivity contribution in [1.82, 2.24) is 31.5 Å². The Labute approximate surface area is 301 Å². The second kappa shape index (κ2) is 21.1. The number of hydrogen-bond acceptors (Lipinski definition) is 11. The van der Waals surface area contributed by atoms with Gasteiger partial charge in [0.25, 0.3) is 0 Å². The van der Waals surface area contributed by atoms with Gasteiger partial charge in [0.05, 0.1) is 12.5 Å². The first-order valence-electron chi connectivity index (χ1n) is 15.2. The van der Waals surface area contributed by atoms with Gasteiger partial charge in [-0.05, 0) is 31.6 Å². The fourth-order valence-corrected chi connectivity index (χ4v) is 5.07. The maximum absolute atomic E-state index is 13.8. The Balaban J connectivity index is 0.0000221. The van der Waals surface area contributed by atoms with Gasteiger partial charge in [0, 0.05) is 18.1 Å². The van der Waals surface area contributed by atoms with E-state index < -0.39 is 108 Å². The summed E-state index contributed by atoms with van der Waals surface area (Å²) < 4.78 is 0. The predicted molar refractivity (Wildman–Crippen MR) is 177 cm³/mol. The number of carboxylic acids is 1. The maximum atomic E-state index is 13.8. The summed E-state index contributed by atoms with van der Waals surface area (Å²) in [4.78, 5) is 102. The quantitative estimate of drug-likeness (QED) is 0.0495. The Kier molecular flexibility index (Phi) is 19.8. The van der Waals surface area contributed by atoms with Gasteiger partial charge in [0.1, 0.15) is 36.3 Å². The summed E-state index contributed by atoms with van der Waals surface area (Å²) in [5.74, 6) is -7.62. The minimum atomic E-state index is -1.52. The molecule has 7 atom stereocenters. The van der Waals surface area contributed by atoms with Crippen LogP contribution in [0.1, 0.15) is 53.9 Å². The minimum absolute atomic E-state index is 0. The van der Waals surface area contributed by atoms with Crippen molar-refractivity contribution in [2.45, 2.75) is 96.2 Å². The first-order valence-corrected chi connectivity index (χ1v) is 16.4. The third-order valence-electron chi connectivity index (χ3n) is 7.44. The van der Waals surface area contributed by atoms with Crippen molar-refractivity contribution in [2.75, 3.05) is 18.1 Å². The van der Waals surface area contributed by atoms with Crippen molar-refractivity contribution in [2.24, 2.45) is 23.3 Å². The molecule has 0 aliphatic carbocycles. The average molecular weight is 768 g/mol. The molecule has 0 aromatic heterocycles. The van der Waals surface area contributed by atoms with Gasteiger partial charge in [-0.25, -0.2) is 4.79 Å². The predicted octanol–water partition coefficient (Wildman–Crippen LogP) is -3.12. The number of carbonyl (C=O) groups excluding carboxylic acids is 7. The largest absolute Gasteiger partial charge is 2.00 e. The van der Waals surface area contributed by atoms with Gasteiger partial charge in [0.2, 0.25) is 41.4 Å². The summed E-state index contributed by atoms with van der Waals surface area (Å²) in [6.45, 7) is 8.32. The number of nitrogens with zero attached hydrogens (tertiary/aromatic N) is 1. The number of thiol groups is 2. The molecule has 0 aromatic carbocycles. The molecule has 48 heavy (non-hydrogen) atoms. The molecule has 0 unspecified atom stereocenters. The summed E-state index contributed by atoms with van der Waals surface area (Å²) in [6.07, 6.45) is -0.00357. The molecule has 0 saturated carbocycles. The molecule has 1 radical (unpaired) electrons. The minimum Gasteiger partial charge on any atom is -0.480 e. The van der Waals surface area contributed by atoms with E-state index in [0.29, 0.717) is 6.42 Å². The van der Waals surface area contributed by atoms with E-state index in [0.717, 1.165) is 0 Å². The Hall–Kier alpha value is -3.06. The van der Waals surface area contributed by atoms with Crippen LogP contribution in [0.3, 0.4) is 0 Å². The molecule has 7 amide bonds.